The lowest BCUT2D eigenvalue weighted by Gasteiger charge is -2.26. The van der Waals surface area contributed by atoms with Crippen LogP contribution in [0.5, 0.6) is 0 Å². The van der Waals surface area contributed by atoms with Crippen molar-refractivity contribution in [1.29, 1.82) is 0 Å². The number of nitrogens with zero attached hydrogens (tertiary/aromatic N) is 1. The molecule has 0 aliphatic rings. The van der Waals surface area contributed by atoms with Gasteiger partial charge in [0.15, 0.2) is 0 Å². The molecular formula is C25H31Cl2NOS. The average Bonchev–Trinajstić information content (AvgIpc) is 2.76. The summed E-state index contributed by atoms with van der Waals surface area (Å²) in [6.07, 6.45) is 6.09. The summed E-state index contributed by atoms with van der Waals surface area (Å²) in [4.78, 5) is 3.58. The summed E-state index contributed by atoms with van der Waals surface area (Å²) in [7, 11) is 0. The van der Waals surface area contributed by atoms with Gasteiger partial charge in [-0.25, -0.2) is 0 Å². The van der Waals surface area contributed by atoms with Crippen molar-refractivity contribution in [2.75, 3.05) is 25.9 Å². The van der Waals surface area contributed by atoms with Gasteiger partial charge in [-0.05, 0) is 78.2 Å². The summed E-state index contributed by atoms with van der Waals surface area (Å²) in [5.41, 5.74) is 0.923. The van der Waals surface area contributed by atoms with E-state index >= 15 is 0 Å². The molecule has 0 heterocycles. The van der Waals surface area contributed by atoms with Crippen LogP contribution in [0.4, 0.5) is 0 Å². The van der Waals surface area contributed by atoms with Crippen molar-refractivity contribution >= 4 is 56.5 Å². The zero-order valence-corrected chi connectivity index (χ0v) is 20.4. The fourth-order valence-electron chi connectivity index (χ4n) is 3.99. The van der Waals surface area contributed by atoms with Crippen LogP contribution in [0.25, 0.3) is 21.5 Å². The first-order valence-electron chi connectivity index (χ1n) is 10.8. The Labute approximate surface area is 194 Å². The van der Waals surface area contributed by atoms with Crippen LogP contribution in [0.1, 0.15) is 51.2 Å². The molecule has 3 aromatic rings. The van der Waals surface area contributed by atoms with Crippen LogP contribution in [0, 0.1) is 0 Å². The topological polar surface area (TPSA) is 23.5 Å². The Morgan fingerprint density at radius 3 is 2.27 bits per heavy atom. The second-order valence-electron chi connectivity index (χ2n) is 7.86. The molecule has 3 aromatic carbocycles. The third-order valence-electron chi connectivity index (χ3n) is 5.69. The smallest absolute Gasteiger partial charge is 0.0923 e. The van der Waals surface area contributed by atoms with E-state index in [0.29, 0.717) is 16.6 Å². The highest BCUT2D eigenvalue weighted by Crippen LogP contribution is 2.40. The molecule has 2 nitrogen and oxygen atoms in total. The third kappa shape index (κ3) is 5.26. The summed E-state index contributed by atoms with van der Waals surface area (Å²) in [5.74, 6) is 0. The molecule has 0 saturated heterocycles. The summed E-state index contributed by atoms with van der Waals surface area (Å²) < 4.78 is 0. The van der Waals surface area contributed by atoms with Gasteiger partial charge >= 0.3 is 0 Å². The van der Waals surface area contributed by atoms with Crippen molar-refractivity contribution in [2.45, 2.75) is 50.5 Å². The number of halogens is 2. The second kappa shape index (κ2) is 11.1. The van der Waals surface area contributed by atoms with E-state index in [1.165, 1.54) is 4.90 Å². The van der Waals surface area contributed by atoms with Gasteiger partial charge in [0, 0.05) is 16.8 Å². The number of benzene rings is 3. The minimum atomic E-state index is -0.583. The van der Waals surface area contributed by atoms with Crippen LogP contribution in [0.2, 0.25) is 10.0 Å². The summed E-state index contributed by atoms with van der Waals surface area (Å²) in [6.45, 7) is 7.08. The molecule has 0 fully saturated rings. The minimum Gasteiger partial charge on any atom is -0.387 e. The highest BCUT2D eigenvalue weighted by molar-refractivity contribution is 7.98. The summed E-state index contributed by atoms with van der Waals surface area (Å²) >= 11 is 14.7. The van der Waals surface area contributed by atoms with E-state index in [9.17, 15) is 5.11 Å². The first kappa shape index (κ1) is 23.7. The predicted octanol–water partition coefficient (Wildman–Crippen LogP) is 7.96. The van der Waals surface area contributed by atoms with Crippen LogP contribution in [0.15, 0.2) is 41.3 Å². The summed E-state index contributed by atoms with van der Waals surface area (Å²) in [5, 5.41) is 16.5. The van der Waals surface area contributed by atoms with E-state index in [1.54, 1.807) is 11.8 Å². The molecule has 1 unspecified atom stereocenters. The van der Waals surface area contributed by atoms with Gasteiger partial charge in [-0.15, -0.1) is 11.8 Å². The predicted molar refractivity (Wildman–Crippen MR) is 134 cm³/mol. The molecule has 1 N–H and O–H groups in total. The Morgan fingerprint density at radius 1 is 0.967 bits per heavy atom. The molecule has 0 aliphatic carbocycles. The summed E-state index contributed by atoms with van der Waals surface area (Å²) in [6, 6.07) is 12.3. The van der Waals surface area contributed by atoms with Gasteiger partial charge in [-0.3, -0.25) is 0 Å². The maximum absolute atomic E-state index is 11.3. The van der Waals surface area contributed by atoms with Crippen molar-refractivity contribution in [2.24, 2.45) is 0 Å². The number of rotatable bonds is 10. The van der Waals surface area contributed by atoms with Crippen molar-refractivity contribution < 1.29 is 5.11 Å². The molecule has 1 atom stereocenters. The Kier molecular flexibility index (Phi) is 8.73. The molecule has 0 aliphatic heterocycles. The number of fused-ring (bicyclic) bond motifs is 3. The zero-order chi connectivity index (χ0) is 21.7. The lowest BCUT2D eigenvalue weighted by molar-refractivity contribution is 0.112. The lowest BCUT2D eigenvalue weighted by atomic mass is 9.94. The molecule has 0 bridgehead atoms. The number of aliphatic hydroxyl groups is 1. The van der Waals surface area contributed by atoms with Gasteiger partial charge in [0.2, 0.25) is 0 Å². The third-order valence-corrected chi connectivity index (χ3v) is 7.22. The monoisotopic (exact) mass is 463 g/mol. The van der Waals surface area contributed by atoms with E-state index in [1.807, 2.05) is 12.1 Å². The average molecular weight is 465 g/mol. The van der Waals surface area contributed by atoms with E-state index < -0.39 is 6.10 Å². The first-order valence-corrected chi connectivity index (χ1v) is 12.8. The van der Waals surface area contributed by atoms with Gasteiger partial charge in [-0.1, -0.05) is 62.0 Å². The molecule has 0 saturated carbocycles. The molecular weight excluding hydrogens is 433 g/mol. The molecule has 30 heavy (non-hydrogen) atoms. The molecule has 0 radical (unpaired) electrons. The first-order chi connectivity index (χ1) is 14.5. The Balaban J connectivity index is 2.09. The fraction of sp³-hybridized carbons (Fsp3) is 0.440. The quantitative estimate of drug-likeness (QED) is 0.243. The van der Waals surface area contributed by atoms with Crippen LogP contribution >= 0.6 is 35.0 Å². The maximum atomic E-state index is 11.3. The SMILES string of the molecule is CCCCN(CCCC)CC(O)c1cc2cc(SC)ccc2c2c(Cl)c(Cl)ccc12. The Hall–Kier alpha value is -0.970. The van der Waals surface area contributed by atoms with Gasteiger partial charge in [0.25, 0.3) is 0 Å². The standard InChI is InChI=1S/C25H31Cl2NOS/c1-4-6-12-28(13-7-5-2)16-23(29)21-15-17-14-18(30-3)8-9-19(17)24-20(21)10-11-22(26)25(24)27/h8-11,14-15,23,29H,4-7,12-13,16H2,1-3H3. The Bertz CT molecular complexity index is 1000. The van der Waals surface area contributed by atoms with Gasteiger partial charge in [-0.2, -0.15) is 0 Å². The number of unbranched alkanes of at least 4 members (excludes halogenated alkanes) is 2. The van der Waals surface area contributed by atoms with Gasteiger partial charge in [0.1, 0.15) is 0 Å². The van der Waals surface area contributed by atoms with E-state index in [2.05, 4.69) is 49.3 Å². The van der Waals surface area contributed by atoms with Crippen LogP contribution in [-0.2, 0) is 0 Å². The van der Waals surface area contributed by atoms with E-state index in [-0.39, 0.29) is 0 Å². The Morgan fingerprint density at radius 2 is 1.63 bits per heavy atom. The molecule has 162 valence electrons. The number of hydrogen-bond acceptors (Lipinski definition) is 3. The molecule has 0 amide bonds. The minimum absolute atomic E-state index is 0.540. The van der Waals surface area contributed by atoms with Crippen LogP contribution in [0.3, 0.4) is 0 Å². The molecule has 0 spiro atoms. The highest BCUT2D eigenvalue weighted by Gasteiger charge is 2.19. The molecule has 5 heteroatoms. The van der Waals surface area contributed by atoms with Gasteiger partial charge in [0.05, 0.1) is 16.1 Å². The van der Waals surface area contributed by atoms with Gasteiger partial charge < -0.3 is 10.0 Å². The largest absolute Gasteiger partial charge is 0.387 e. The van der Waals surface area contributed by atoms with E-state index in [0.717, 1.165) is 65.9 Å². The van der Waals surface area contributed by atoms with Crippen molar-refractivity contribution in [3.63, 3.8) is 0 Å². The van der Waals surface area contributed by atoms with Crippen LogP contribution < -0.4 is 0 Å². The normalized spacial score (nSPS) is 12.9. The van der Waals surface area contributed by atoms with Crippen molar-refractivity contribution in [3.05, 3.63) is 52.0 Å². The number of thioether (sulfide) groups is 1. The van der Waals surface area contributed by atoms with Crippen molar-refractivity contribution in [3.8, 4) is 0 Å². The fourth-order valence-corrected chi connectivity index (χ4v) is 4.86. The number of hydrogen-bond donors (Lipinski definition) is 1. The molecule has 3 rings (SSSR count). The number of aliphatic hydroxyl groups excluding tert-OH is 1. The highest BCUT2D eigenvalue weighted by atomic mass is 35.5. The lowest BCUT2D eigenvalue weighted by Crippen LogP contribution is -2.30. The maximum Gasteiger partial charge on any atom is 0.0923 e. The molecule has 0 aromatic heterocycles. The zero-order valence-electron chi connectivity index (χ0n) is 18.0. The van der Waals surface area contributed by atoms with Crippen LogP contribution in [-0.4, -0.2) is 35.9 Å². The second-order valence-corrected chi connectivity index (χ2v) is 9.53. The van der Waals surface area contributed by atoms with Crippen molar-refractivity contribution in [1.82, 2.24) is 4.90 Å². The van der Waals surface area contributed by atoms with E-state index in [4.69, 9.17) is 23.2 Å².